The van der Waals surface area contributed by atoms with E-state index in [1.807, 2.05) is 0 Å². The largest absolute Gasteiger partial charge is 0.416 e. The van der Waals surface area contributed by atoms with Gasteiger partial charge in [-0.05, 0) is 25.4 Å². The van der Waals surface area contributed by atoms with Crippen LogP contribution in [-0.2, 0) is 4.43 Å². The highest BCUT2D eigenvalue weighted by atomic mass is 28.3. The van der Waals surface area contributed by atoms with E-state index in [4.69, 9.17) is 10.2 Å². The van der Waals surface area contributed by atoms with Crippen molar-refractivity contribution in [2.45, 2.75) is 58.3 Å². The van der Waals surface area contributed by atoms with Gasteiger partial charge in [0.25, 0.3) is 0 Å². The third kappa shape index (κ3) is 4.23. The molecule has 12 heavy (non-hydrogen) atoms. The van der Waals surface area contributed by atoms with Crippen molar-refractivity contribution in [2.75, 3.05) is 0 Å². The van der Waals surface area contributed by atoms with Crippen LogP contribution >= 0.6 is 0 Å². The first-order valence-electron chi connectivity index (χ1n) is 5.06. The predicted molar refractivity (Wildman–Crippen MR) is 56.9 cm³/mol. The van der Waals surface area contributed by atoms with Crippen LogP contribution in [0.25, 0.3) is 0 Å². The summed E-state index contributed by atoms with van der Waals surface area (Å²) in [5.74, 6) is 0. The SMILES string of the molecule is CCC(N)C(C)O[SiH](CC)CC. The molecule has 0 aromatic rings. The third-order valence-corrected chi connectivity index (χ3v) is 5.03. The van der Waals surface area contributed by atoms with Crippen LogP contribution in [-0.4, -0.2) is 21.2 Å². The Hall–Kier alpha value is 0.137. The molecule has 0 heterocycles. The Labute approximate surface area is 78.2 Å². The number of rotatable bonds is 6. The highest BCUT2D eigenvalue weighted by molar-refractivity contribution is 6.51. The molecule has 0 saturated heterocycles. The minimum Gasteiger partial charge on any atom is -0.416 e. The van der Waals surface area contributed by atoms with Crippen LogP contribution in [0.1, 0.15) is 34.1 Å². The highest BCUT2D eigenvalue weighted by Crippen LogP contribution is 2.07. The summed E-state index contributed by atoms with van der Waals surface area (Å²) in [7, 11) is -0.900. The van der Waals surface area contributed by atoms with Crippen LogP contribution in [0.4, 0.5) is 0 Å². The van der Waals surface area contributed by atoms with E-state index in [1.54, 1.807) is 0 Å². The van der Waals surface area contributed by atoms with Crippen molar-refractivity contribution < 1.29 is 4.43 Å². The molecule has 0 fully saturated rings. The maximum Gasteiger partial charge on any atom is 0.176 e. The van der Waals surface area contributed by atoms with Gasteiger partial charge in [0.15, 0.2) is 9.04 Å². The van der Waals surface area contributed by atoms with Gasteiger partial charge in [0.05, 0.1) is 6.10 Å². The maximum atomic E-state index is 5.92. The minimum atomic E-state index is -0.900. The van der Waals surface area contributed by atoms with Gasteiger partial charge in [-0.2, -0.15) is 0 Å². The molecule has 74 valence electrons. The van der Waals surface area contributed by atoms with Gasteiger partial charge in [-0.15, -0.1) is 0 Å². The second-order valence-electron chi connectivity index (χ2n) is 3.35. The quantitative estimate of drug-likeness (QED) is 0.648. The molecule has 0 aromatic carbocycles. The molecule has 0 radical (unpaired) electrons. The van der Waals surface area contributed by atoms with Crippen molar-refractivity contribution in [1.29, 1.82) is 0 Å². The lowest BCUT2D eigenvalue weighted by Gasteiger charge is -2.23. The van der Waals surface area contributed by atoms with Gasteiger partial charge in [0.1, 0.15) is 0 Å². The fraction of sp³-hybridized carbons (Fsp3) is 1.00. The Morgan fingerprint density at radius 1 is 1.25 bits per heavy atom. The second kappa shape index (κ2) is 6.63. The van der Waals surface area contributed by atoms with Gasteiger partial charge in [-0.1, -0.05) is 20.8 Å². The summed E-state index contributed by atoms with van der Waals surface area (Å²) in [4.78, 5) is 0. The first-order valence-corrected chi connectivity index (χ1v) is 7.17. The van der Waals surface area contributed by atoms with Crippen LogP contribution in [0.3, 0.4) is 0 Å². The molecule has 0 saturated carbocycles. The van der Waals surface area contributed by atoms with Crippen molar-refractivity contribution in [3.8, 4) is 0 Å². The van der Waals surface area contributed by atoms with Crippen LogP contribution in [0, 0.1) is 0 Å². The zero-order valence-electron chi connectivity index (χ0n) is 8.84. The third-order valence-electron chi connectivity index (χ3n) is 2.39. The molecule has 2 atom stereocenters. The Morgan fingerprint density at radius 2 is 1.75 bits per heavy atom. The number of nitrogens with two attached hydrogens (primary N) is 1. The zero-order chi connectivity index (χ0) is 9.56. The summed E-state index contributed by atoms with van der Waals surface area (Å²) in [5.41, 5.74) is 5.87. The van der Waals surface area contributed by atoms with E-state index < -0.39 is 9.04 Å². The maximum absolute atomic E-state index is 5.92. The Balaban J connectivity index is 3.72. The Bertz CT molecular complexity index is 107. The molecular weight excluding hydrogens is 166 g/mol. The predicted octanol–water partition coefficient (Wildman–Crippen LogP) is 1.89. The molecule has 0 aliphatic heterocycles. The van der Waals surface area contributed by atoms with E-state index in [9.17, 15) is 0 Å². The van der Waals surface area contributed by atoms with Gasteiger partial charge in [-0.3, -0.25) is 0 Å². The smallest absolute Gasteiger partial charge is 0.176 e. The van der Waals surface area contributed by atoms with Crippen LogP contribution in [0.15, 0.2) is 0 Å². The summed E-state index contributed by atoms with van der Waals surface area (Å²) in [5, 5.41) is 0. The van der Waals surface area contributed by atoms with E-state index in [0.717, 1.165) is 6.42 Å². The molecule has 0 spiro atoms. The van der Waals surface area contributed by atoms with Crippen molar-refractivity contribution in [2.24, 2.45) is 5.73 Å². The first kappa shape index (κ1) is 12.1. The molecule has 0 aliphatic carbocycles. The van der Waals surface area contributed by atoms with Gasteiger partial charge in [-0.25, -0.2) is 0 Å². The van der Waals surface area contributed by atoms with Gasteiger partial charge in [0.2, 0.25) is 0 Å². The fourth-order valence-electron chi connectivity index (χ4n) is 1.22. The van der Waals surface area contributed by atoms with Crippen LogP contribution in [0.5, 0.6) is 0 Å². The number of hydrogen-bond acceptors (Lipinski definition) is 2. The first-order chi connectivity index (χ1) is 5.65. The topological polar surface area (TPSA) is 35.2 Å². The lowest BCUT2D eigenvalue weighted by atomic mass is 10.1. The van der Waals surface area contributed by atoms with E-state index in [2.05, 4.69) is 27.7 Å². The summed E-state index contributed by atoms with van der Waals surface area (Å²) < 4.78 is 5.92. The van der Waals surface area contributed by atoms with Crippen molar-refractivity contribution >= 4 is 9.04 Å². The second-order valence-corrected chi connectivity index (χ2v) is 6.50. The Kier molecular flexibility index (Phi) is 6.71. The van der Waals surface area contributed by atoms with Crippen LogP contribution in [0.2, 0.25) is 12.1 Å². The summed E-state index contributed by atoms with van der Waals surface area (Å²) in [6.07, 6.45) is 1.27. The monoisotopic (exact) mass is 189 g/mol. The van der Waals surface area contributed by atoms with Crippen LogP contribution < -0.4 is 5.73 Å². The molecule has 0 aromatic heterocycles. The van der Waals surface area contributed by atoms with Crippen molar-refractivity contribution in [3.63, 3.8) is 0 Å². The average Bonchev–Trinajstić information content (AvgIpc) is 2.12. The molecular formula is C9H23NOSi. The molecule has 2 nitrogen and oxygen atoms in total. The molecule has 0 bridgehead atoms. The molecule has 0 rings (SSSR count). The lowest BCUT2D eigenvalue weighted by molar-refractivity contribution is 0.186. The number of hydrogen-bond donors (Lipinski definition) is 1. The van der Waals surface area contributed by atoms with Crippen molar-refractivity contribution in [3.05, 3.63) is 0 Å². The Morgan fingerprint density at radius 3 is 2.08 bits per heavy atom. The summed E-state index contributed by atoms with van der Waals surface area (Å²) in [6, 6.07) is 2.66. The minimum absolute atomic E-state index is 0.220. The van der Waals surface area contributed by atoms with Gasteiger partial charge < -0.3 is 10.2 Å². The van der Waals surface area contributed by atoms with E-state index in [-0.39, 0.29) is 12.1 Å². The molecule has 2 N–H and O–H groups in total. The highest BCUT2D eigenvalue weighted by Gasteiger charge is 2.15. The van der Waals surface area contributed by atoms with E-state index in [1.165, 1.54) is 12.1 Å². The van der Waals surface area contributed by atoms with Crippen molar-refractivity contribution in [1.82, 2.24) is 0 Å². The van der Waals surface area contributed by atoms with Gasteiger partial charge >= 0.3 is 0 Å². The molecule has 0 aliphatic rings. The molecule has 2 unspecified atom stereocenters. The fourth-order valence-corrected chi connectivity index (χ4v) is 2.99. The zero-order valence-corrected chi connectivity index (χ0v) is 9.99. The molecule has 3 heteroatoms. The van der Waals surface area contributed by atoms with Gasteiger partial charge in [0, 0.05) is 6.04 Å². The average molecular weight is 189 g/mol. The summed E-state index contributed by atoms with van der Waals surface area (Å²) in [6.45, 7) is 8.63. The van der Waals surface area contributed by atoms with E-state index in [0.29, 0.717) is 0 Å². The summed E-state index contributed by atoms with van der Waals surface area (Å²) >= 11 is 0. The van der Waals surface area contributed by atoms with E-state index >= 15 is 0 Å². The standard InChI is InChI=1S/C9H23NOSi/c1-5-9(10)8(4)11-12(6-2)7-3/h8-9,12H,5-7,10H2,1-4H3. The molecule has 0 amide bonds. The normalized spacial score (nSPS) is 16.5. The lowest BCUT2D eigenvalue weighted by Crippen LogP contribution is -2.37.